The number of sulfone groups is 1. The standard InChI is InChI=1S/C13H15BrN2O5S/c1-13(2-3-22(19,20)8-13)16-11(17)7-21-12(18)9-4-10(14)6-15-5-9/h4-6H,2-3,7-8H2,1H3,(H,16,17). The molecule has 7 nitrogen and oxygen atoms in total. The third kappa shape index (κ3) is 4.51. The molecule has 1 unspecified atom stereocenters. The second-order valence-corrected chi connectivity index (χ2v) is 8.52. The molecule has 0 aliphatic carbocycles. The maximum absolute atomic E-state index is 11.8. The van der Waals surface area contributed by atoms with E-state index in [1.54, 1.807) is 6.92 Å². The van der Waals surface area contributed by atoms with Crippen molar-refractivity contribution in [3.05, 3.63) is 28.5 Å². The van der Waals surface area contributed by atoms with Gasteiger partial charge in [-0.2, -0.15) is 0 Å². The molecule has 2 heterocycles. The van der Waals surface area contributed by atoms with Gasteiger partial charge in [-0.05, 0) is 35.3 Å². The van der Waals surface area contributed by atoms with E-state index in [0.717, 1.165) is 0 Å². The minimum Gasteiger partial charge on any atom is -0.452 e. The third-order valence-electron chi connectivity index (χ3n) is 3.22. The lowest BCUT2D eigenvalue weighted by Crippen LogP contribution is -2.48. The van der Waals surface area contributed by atoms with Crippen molar-refractivity contribution in [3.8, 4) is 0 Å². The Kier molecular flexibility index (Phi) is 4.86. The Morgan fingerprint density at radius 3 is 2.77 bits per heavy atom. The van der Waals surface area contributed by atoms with Gasteiger partial charge in [0.1, 0.15) is 0 Å². The number of nitrogens with one attached hydrogen (secondary N) is 1. The summed E-state index contributed by atoms with van der Waals surface area (Å²) in [5.74, 6) is -1.26. The fourth-order valence-electron chi connectivity index (χ4n) is 2.22. The highest BCUT2D eigenvalue weighted by Gasteiger charge is 2.39. The average molecular weight is 391 g/mol. The van der Waals surface area contributed by atoms with Gasteiger partial charge in [0.25, 0.3) is 5.91 Å². The molecule has 1 atom stereocenters. The number of carbonyl (C=O) groups excluding carboxylic acids is 2. The number of amides is 1. The van der Waals surface area contributed by atoms with Gasteiger partial charge in [-0.3, -0.25) is 9.78 Å². The van der Waals surface area contributed by atoms with Crippen LogP contribution in [0.15, 0.2) is 22.9 Å². The third-order valence-corrected chi connectivity index (χ3v) is 5.56. The van der Waals surface area contributed by atoms with Crippen LogP contribution in [0.25, 0.3) is 0 Å². The number of ether oxygens (including phenoxy) is 1. The van der Waals surface area contributed by atoms with Crippen molar-refractivity contribution in [1.82, 2.24) is 10.3 Å². The largest absolute Gasteiger partial charge is 0.452 e. The Morgan fingerprint density at radius 2 is 2.18 bits per heavy atom. The van der Waals surface area contributed by atoms with Gasteiger partial charge in [0.15, 0.2) is 16.4 Å². The summed E-state index contributed by atoms with van der Waals surface area (Å²) in [5.41, 5.74) is -0.587. The first-order chi connectivity index (χ1) is 10.2. The number of halogens is 1. The van der Waals surface area contributed by atoms with Gasteiger partial charge in [0, 0.05) is 16.9 Å². The van der Waals surface area contributed by atoms with E-state index < -0.39 is 33.9 Å². The Labute approximate surface area is 136 Å². The summed E-state index contributed by atoms with van der Waals surface area (Å²) in [7, 11) is -3.11. The SMILES string of the molecule is CC1(NC(=O)COC(=O)c2cncc(Br)c2)CCS(=O)(=O)C1. The second-order valence-electron chi connectivity index (χ2n) is 5.42. The summed E-state index contributed by atoms with van der Waals surface area (Å²) in [6.07, 6.45) is 3.20. The molecule has 1 amide bonds. The van der Waals surface area contributed by atoms with Crippen molar-refractivity contribution in [2.75, 3.05) is 18.1 Å². The topological polar surface area (TPSA) is 102 Å². The number of rotatable bonds is 4. The normalized spacial score (nSPS) is 23.0. The molecule has 0 spiro atoms. The van der Waals surface area contributed by atoms with E-state index in [1.165, 1.54) is 18.5 Å². The molecule has 0 radical (unpaired) electrons. The van der Waals surface area contributed by atoms with Crippen molar-refractivity contribution in [1.29, 1.82) is 0 Å². The number of hydrogen-bond acceptors (Lipinski definition) is 6. The first-order valence-electron chi connectivity index (χ1n) is 6.48. The smallest absolute Gasteiger partial charge is 0.340 e. The van der Waals surface area contributed by atoms with E-state index in [0.29, 0.717) is 10.9 Å². The van der Waals surface area contributed by atoms with E-state index in [2.05, 4.69) is 26.2 Å². The van der Waals surface area contributed by atoms with Crippen LogP contribution in [0.4, 0.5) is 0 Å². The number of pyridine rings is 1. The van der Waals surface area contributed by atoms with Crippen LogP contribution < -0.4 is 5.32 Å². The van der Waals surface area contributed by atoms with Crippen LogP contribution in [0.3, 0.4) is 0 Å². The zero-order chi connectivity index (χ0) is 16.4. The highest BCUT2D eigenvalue weighted by Crippen LogP contribution is 2.22. The van der Waals surface area contributed by atoms with Crippen molar-refractivity contribution < 1.29 is 22.7 Å². The van der Waals surface area contributed by atoms with Gasteiger partial charge in [0.2, 0.25) is 0 Å². The Morgan fingerprint density at radius 1 is 1.45 bits per heavy atom. The van der Waals surface area contributed by atoms with Crippen LogP contribution in [0.2, 0.25) is 0 Å². The summed E-state index contributed by atoms with van der Waals surface area (Å²) < 4.78 is 28.4. The fraction of sp³-hybridized carbons (Fsp3) is 0.462. The first kappa shape index (κ1) is 16.9. The summed E-state index contributed by atoms with van der Waals surface area (Å²) in [4.78, 5) is 27.4. The minimum absolute atomic E-state index is 0.0489. The summed E-state index contributed by atoms with van der Waals surface area (Å²) in [6, 6.07) is 1.53. The molecule has 0 bridgehead atoms. The molecule has 0 saturated carbocycles. The van der Waals surface area contributed by atoms with Gasteiger partial charge in [-0.25, -0.2) is 13.2 Å². The lowest BCUT2D eigenvalue weighted by Gasteiger charge is -2.23. The van der Waals surface area contributed by atoms with Crippen LogP contribution in [-0.4, -0.2) is 48.9 Å². The van der Waals surface area contributed by atoms with Gasteiger partial charge < -0.3 is 10.1 Å². The molecule has 1 saturated heterocycles. The van der Waals surface area contributed by atoms with Crippen molar-refractivity contribution in [3.63, 3.8) is 0 Å². The Balaban J connectivity index is 1.87. The molecular formula is C13H15BrN2O5S. The van der Waals surface area contributed by atoms with Crippen LogP contribution in [0.5, 0.6) is 0 Å². The van der Waals surface area contributed by atoms with Gasteiger partial charge in [-0.1, -0.05) is 0 Å². The van der Waals surface area contributed by atoms with Crippen LogP contribution >= 0.6 is 15.9 Å². The predicted octanol–water partition coefficient (Wildman–Crippen LogP) is 0.694. The number of carbonyl (C=O) groups is 2. The van der Waals surface area contributed by atoms with E-state index >= 15 is 0 Å². The van der Waals surface area contributed by atoms with Gasteiger partial charge in [0.05, 0.1) is 22.6 Å². The number of aromatic nitrogens is 1. The number of esters is 1. The predicted molar refractivity (Wildman–Crippen MR) is 82.0 cm³/mol. The molecule has 1 fully saturated rings. The Bertz CT molecular complexity index is 706. The van der Waals surface area contributed by atoms with Crippen molar-refractivity contribution in [2.45, 2.75) is 18.9 Å². The maximum atomic E-state index is 11.8. The van der Waals surface area contributed by atoms with Crippen LogP contribution in [0.1, 0.15) is 23.7 Å². The van der Waals surface area contributed by atoms with Crippen molar-refractivity contribution in [2.24, 2.45) is 0 Å². The zero-order valence-corrected chi connectivity index (χ0v) is 14.2. The summed E-state index contributed by atoms with van der Waals surface area (Å²) >= 11 is 3.18. The molecule has 120 valence electrons. The summed E-state index contributed by atoms with van der Waals surface area (Å²) in [6.45, 7) is 1.19. The van der Waals surface area contributed by atoms with Crippen LogP contribution in [0, 0.1) is 0 Å². The molecule has 2 rings (SSSR count). The minimum atomic E-state index is -3.11. The maximum Gasteiger partial charge on any atom is 0.340 e. The average Bonchev–Trinajstić information content (AvgIpc) is 2.69. The zero-order valence-electron chi connectivity index (χ0n) is 11.8. The van der Waals surface area contributed by atoms with Crippen LogP contribution in [-0.2, 0) is 19.4 Å². The van der Waals surface area contributed by atoms with E-state index in [4.69, 9.17) is 4.74 Å². The molecule has 9 heteroatoms. The molecule has 0 aromatic carbocycles. The number of nitrogens with zero attached hydrogens (tertiary/aromatic N) is 1. The second kappa shape index (κ2) is 6.33. The quantitative estimate of drug-likeness (QED) is 0.758. The Hall–Kier alpha value is -1.48. The van der Waals surface area contributed by atoms with Gasteiger partial charge in [-0.15, -0.1) is 0 Å². The van der Waals surface area contributed by atoms with Crippen molar-refractivity contribution >= 4 is 37.6 Å². The lowest BCUT2D eigenvalue weighted by molar-refractivity contribution is -0.125. The molecule has 22 heavy (non-hydrogen) atoms. The molecule has 1 aromatic rings. The molecule has 1 aliphatic rings. The van der Waals surface area contributed by atoms with E-state index in [-0.39, 0.29) is 17.1 Å². The summed E-state index contributed by atoms with van der Waals surface area (Å²) in [5, 5.41) is 2.61. The van der Waals surface area contributed by atoms with E-state index in [1.807, 2.05) is 0 Å². The number of hydrogen-bond donors (Lipinski definition) is 1. The molecular weight excluding hydrogens is 376 g/mol. The highest BCUT2D eigenvalue weighted by atomic mass is 79.9. The molecule has 1 aliphatic heterocycles. The monoisotopic (exact) mass is 390 g/mol. The molecule has 1 aromatic heterocycles. The van der Waals surface area contributed by atoms with E-state index in [9.17, 15) is 18.0 Å². The highest BCUT2D eigenvalue weighted by molar-refractivity contribution is 9.10. The van der Waals surface area contributed by atoms with Gasteiger partial charge >= 0.3 is 5.97 Å². The fourth-order valence-corrected chi connectivity index (χ4v) is 4.68. The lowest BCUT2D eigenvalue weighted by atomic mass is 10.0. The first-order valence-corrected chi connectivity index (χ1v) is 9.10. The molecule has 1 N–H and O–H groups in total.